The lowest BCUT2D eigenvalue weighted by molar-refractivity contribution is 0.0906. The molecule has 24 heavy (non-hydrogen) atoms. The molecule has 0 aromatic carbocycles. The maximum absolute atomic E-state index is 12.1. The Morgan fingerprint density at radius 1 is 1.42 bits per heavy atom. The van der Waals surface area contributed by atoms with Crippen molar-refractivity contribution in [3.63, 3.8) is 0 Å². The molecule has 0 radical (unpaired) electrons. The molecule has 0 aliphatic carbocycles. The molecular weight excluding hydrogens is 322 g/mol. The minimum absolute atomic E-state index is 0.0146. The van der Waals surface area contributed by atoms with Crippen molar-refractivity contribution in [1.82, 2.24) is 15.2 Å². The fourth-order valence-corrected chi connectivity index (χ4v) is 3.45. The minimum Gasteiger partial charge on any atom is -0.447 e. The van der Waals surface area contributed by atoms with Crippen molar-refractivity contribution in [2.75, 3.05) is 13.1 Å². The lowest BCUT2D eigenvalue weighted by atomic mass is 9.93. The van der Waals surface area contributed by atoms with Crippen LogP contribution in [0.5, 0.6) is 0 Å². The van der Waals surface area contributed by atoms with E-state index in [9.17, 15) is 4.79 Å². The Morgan fingerprint density at radius 3 is 2.75 bits per heavy atom. The molecule has 2 aromatic heterocycles. The van der Waals surface area contributed by atoms with Gasteiger partial charge in [0.25, 0.3) is 5.91 Å². The van der Waals surface area contributed by atoms with Gasteiger partial charge in [0.05, 0.1) is 12.2 Å². The highest BCUT2D eigenvalue weighted by molar-refractivity contribution is 7.08. The molecule has 0 atom stereocenters. The van der Waals surface area contributed by atoms with Crippen molar-refractivity contribution in [2.24, 2.45) is 0 Å². The number of oxazole rings is 1. The van der Waals surface area contributed by atoms with Crippen LogP contribution in [0.1, 0.15) is 55.6 Å². The van der Waals surface area contributed by atoms with E-state index in [0.717, 1.165) is 49.6 Å². The monoisotopic (exact) mass is 347 g/mol. The zero-order valence-corrected chi connectivity index (χ0v) is 15.4. The average Bonchev–Trinajstić information content (AvgIpc) is 3.19. The fourth-order valence-electron chi connectivity index (χ4n) is 2.82. The van der Waals surface area contributed by atoms with Crippen molar-refractivity contribution in [3.8, 4) is 0 Å². The number of hydrogen-bond acceptors (Lipinski definition) is 5. The number of thiophene rings is 1. The second-order valence-electron chi connectivity index (χ2n) is 7.41. The zero-order valence-electron chi connectivity index (χ0n) is 14.5. The van der Waals surface area contributed by atoms with Gasteiger partial charge >= 0.3 is 0 Å². The van der Waals surface area contributed by atoms with Gasteiger partial charge in [-0.1, -0.05) is 20.8 Å². The van der Waals surface area contributed by atoms with Crippen molar-refractivity contribution < 1.29 is 9.21 Å². The van der Waals surface area contributed by atoms with Crippen LogP contribution in [0.3, 0.4) is 0 Å². The molecule has 0 unspecified atom stereocenters. The van der Waals surface area contributed by atoms with Crippen LogP contribution in [0.4, 0.5) is 0 Å². The summed E-state index contributed by atoms with van der Waals surface area (Å²) in [6.45, 7) is 9.04. The minimum atomic E-state index is 0.0146. The van der Waals surface area contributed by atoms with Crippen LogP contribution >= 0.6 is 11.3 Å². The number of aromatic nitrogens is 1. The Kier molecular flexibility index (Phi) is 5.06. The SMILES string of the molecule is CC(C)(C)c1coc(CN2CCC(NC(=O)c3ccsc3)CC2)n1. The fraction of sp³-hybridized carbons (Fsp3) is 0.556. The molecule has 1 fully saturated rings. The first-order valence-electron chi connectivity index (χ1n) is 8.42. The molecule has 130 valence electrons. The molecule has 1 N–H and O–H groups in total. The van der Waals surface area contributed by atoms with E-state index in [4.69, 9.17) is 4.42 Å². The molecular formula is C18H25N3O2S. The Balaban J connectivity index is 1.47. The number of rotatable bonds is 4. The molecule has 0 bridgehead atoms. The van der Waals surface area contributed by atoms with Crippen LogP contribution < -0.4 is 5.32 Å². The molecule has 3 rings (SSSR count). The molecule has 5 nitrogen and oxygen atoms in total. The Hall–Kier alpha value is -1.66. The summed E-state index contributed by atoms with van der Waals surface area (Å²) in [5, 5.41) is 6.95. The first-order chi connectivity index (χ1) is 11.4. The van der Waals surface area contributed by atoms with Gasteiger partial charge in [0.2, 0.25) is 5.89 Å². The molecule has 3 heterocycles. The number of carbonyl (C=O) groups is 1. The molecule has 0 saturated carbocycles. The van der Waals surface area contributed by atoms with Gasteiger partial charge in [0.15, 0.2) is 0 Å². The third kappa shape index (κ3) is 4.24. The summed E-state index contributed by atoms with van der Waals surface area (Å²) in [6, 6.07) is 2.12. The third-order valence-electron chi connectivity index (χ3n) is 4.39. The van der Waals surface area contributed by atoms with Crippen LogP contribution in [0.2, 0.25) is 0 Å². The van der Waals surface area contributed by atoms with Gasteiger partial charge in [-0.3, -0.25) is 9.69 Å². The predicted octanol–water partition coefficient (Wildman–Crippen LogP) is 3.43. The van der Waals surface area contributed by atoms with Crippen LogP contribution in [0, 0.1) is 0 Å². The van der Waals surface area contributed by atoms with E-state index in [1.807, 2.05) is 16.8 Å². The van der Waals surface area contributed by atoms with Crippen LogP contribution in [0.15, 0.2) is 27.5 Å². The third-order valence-corrected chi connectivity index (χ3v) is 5.07. The van der Waals surface area contributed by atoms with E-state index < -0.39 is 0 Å². The lowest BCUT2D eigenvalue weighted by Crippen LogP contribution is -2.44. The van der Waals surface area contributed by atoms with Gasteiger partial charge in [0.1, 0.15) is 6.26 Å². The summed E-state index contributed by atoms with van der Waals surface area (Å²) in [6.07, 6.45) is 3.69. The van der Waals surface area contributed by atoms with Gasteiger partial charge < -0.3 is 9.73 Å². The average molecular weight is 347 g/mol. The van der Waals surface area contributed by atoms with E-state index in [1.54, 1.807) is 17.6 Å². The predicted molar refractivity (Wildman–Crippen MR) is 95.3 cm³/mol. The molecule has 1 aliphatic heterocycles. The second kappa shape index (κ2) is 7.07. The highest BCUT2D eigenvalue weighted by Crippen LogP contribution is 2.22. The van der Waals surface area contributed by atoms with E-state index in [0.29, 0.717) is 0 Å². The van der Waals surface area contributed by atoms with Crippen LogP contribution in [0.25, 0.3) is 0 Å². The highest BCUT2D eigenvalue weighted by atomic mass is 32.1. The standard InChI is InChI=1S/C18H25N3O2S/c1-18(2,3)15-11-23-16(20-15)10-21-7-4-14(5-8-21)19-17(22)13-6-9-24-12-13/h6,9,11-12,14H,4-5,7-8,10H2,1-3H3,(H,19,22). The van der Waals surface area contributed by atoms with Gasteiger partial charge in [-0.25, -0.2) is 4.98 Å². The molecule has 6 heteroatoms. The smallest absolute Gasteiger partial charge is 0.252 e. The number of nitrogens with zero attached hydrogens (tertiary/aromatic N) is 2. The van der Waals surface area contributed by atoms with Crippen LogP contribution in [-0.4, -0.2) is 34.9 Å². The summed E-state index contributed by atoms with van der Waals surface area (Å²) in [5.74, 6) is 0.818. The Labute approximate surface area is 147 Å². The van der Waals surface area contributed by atoms with Crippen molar-refractivity contribution in [2.45, 2.75) is 51.6 Å². The first kappa shape index (κ1) is 17.2. The normalized spacial score (nSPS) is 17.1. The summed E-state index contributed by atoms with van der Waals surface area (Å²) in [7, 11) is 0. The van der Waals surface area contributed by atoms with E-state index in [2.05, 4.69) is 36.0 Å². The summed E-state index contributed by atoms with van der Waals surface area (Å²) < 4.78 is 5.61. The van der Waals surface area contributed by atoms with Gasteiger partial charge in [0, 0.05) is 35.5 Å². The summed E-state index contributed by atoms with van der Waals surface area (Å²) in [5.41, 5.74) is 1.77. The summed E-state index contributed by atoms with van der Waals surface area (Å²) >= 11 is 1.55. The van der Waals surface area contributed by atoms with E-state index in [-0.39, 0.29) is 17.4 Å². The Morgan fingerprint density at radius 2 is 2.17 bits per heavy atom. The zero-order chi connectivity index (χ0) is 17.2. The number of likely N-dealkylation sites (tertiary alicyclic amines) is 1. The van der Waals surface area contributed by atoms with Gasteiger partial charge in [-0.15, -0.1) is 0 Å². The second-order valence-corrected chi connectivity index (χ2v) is 8.19. The van der Waals surface area contributed by atoms with Crippen molar-refractivity contribution in [1.29, 1.82) is 0 Å². The maximum Gasteiger partial charge on any atom is 0.252 e. The summed E-state index contributed by atoms with van der Waals surface area (Å²) in [4.78, 5) is 19.0. The number of piperidine rings is 1. The number of nitrogens with one attached hydrogen (secondary N) is 1. The van der Waals surface area contributed by atoms with Gasteiger partial charge in [-0.2, -0.15) is 11.3 Å². The lowest BCUT2D eigenvalue weighted by Gasteiger charge is -2.31. The van der Waals surface area contributed by atoms with E-state index in [1.165, 1.54) is 0 Å². The van der Waals surface area contributed by atoms with Crippen molar-refractivity contribution >= 4 is 17.2 Å². The van der Waals surface area contributed by atoms with Crippen LogP contribution in [-0.2, 0) is 12.0 Å². The number of amides is 1. The molecule has 1 saturated heterocycles. The number of hydrogen-bond donors (Lipinski definition) is 1. The molecule has 0 spiro atoms. The maximum atomic E-state index is 12.1. The number of carbonyl (C=O) groups excluding carboxylic acids is 1. The first-order valence-corrected chi connectivity index (χ1v) is 9.36. The molecule has 2 aromatic rings. The van der Waals surface area contributed by atoms with Gasteiger partial charge in [-0.05, 0) is 24.3 Å². The van der Waals surface area contributed by atoms with Crippen molar-refractivity contribution in [3.05, 3.63) is 40.2 Å². The molecule has 1 amide bonds. The van der Waals surface area contributed by atoms with E-state index >= 15 is 0 Å². The Bertz CT molecular complexity index is 665. The largest absolute Gasteiger partial charge is 0.447 e. The molecule has 1 aliphatic rings. The quantitative estimate of drug-likeness (QED) is 0.920. The highest BCUT2D eigenvalue weighted by Gasteiger charge is 2.24. The topological polar surface area (TPSA) is 58.4 Å².